The van der Waals surface area contributed by atoms with E-state index in [0.29, 0.717) is 0 Å². The molecule has 1 saturated heterocycles. The quantitative estimate of drug-likeness (QED) is 0.858. The van der Waals surface area contributed by atoms with E-state index >= 15 is 0 Å². The highest BCUT2D eigenvalue weighted by Crippen LogP contribution is 2.27. The fourth-order valence-corrected chi connectivity index (χ4v) is 3.66. The lowest BCUT2D eigenvalue weighted by Gasteiger charge is -2.34. The fourth-order valence-electron chi connectivity index (χ4n) is 3.25. The van der Waals surface area contributed by atoms with Crippen LogP contribution in [0.1, 0.15) is 24.0 Å². The Hall–Kier alpha value is -0.380. The largest absolute Gasteiger partial charge is 0.315 e. The first-order chi connectivity index (χ1) is 8.83. The smallest absolute Gasteiger partial charge is 0.0178 e. The fraction of sp³-hybridized carbons (Fsp3) is 0.600. The number of benzene rings is 1. The van der Waals surface area contributed by atoms with Gasteiger partial charge >= 0.3 is 0 Å². The van der Waals surface area contributed by atoms with E-state index in [-0.39, 0.29) is 0 Å². The van der Waals surface area contributed by atoms with Gasteiger partial charge in [0.05, 0.1) is 0 Å². The highest BCUT2D eigenvalue weighted by Gasteiger charge is 2.24. The summed E-state index contributed by atoms with van der Waals surface area (Å²) in [6, 6.07) is 7.56. The van der Waals surface area contributed by atoms with E-state index in [2.05, 4.69) is 44.3 Å². The molecular formula is C15H21BrN2. The summed E-state index contributed by atoms with van der Waals surface area (Å²) in [4.78, 5) is 2.70. The minimum atomic E-state index is 0.763. The molecule has 1 N–H and O–H groups in total. The van der Waals surface area contributed by atoms with Crippen LogP contribution in [0.25, 0.3) is 0 Å². The Kier molecular flexibility index (Phi) is 4.02. The lowest BCUT2D eigenvalue weighted by Crippen LogP contribution is -2.41. The monoisotopic (exact) mass is 308 g/mol. The molecule has 2 aliphatic rings. The summed E-state index contributed by atoms with van der Waals surface area (Å²) in [6.45, 7) is 4.83. The molecule has 1 aromatic carbocycles. The van der Waals surface area contributed by atoms with Crippen LogP contribution in [0.4, 0.5) is 0 Å². The molecule has 1 unspecified atom stereocenters. The van der Waals surface area contributed by atoms with Gasteiger partial charge in [0.25, 0.3) is 0 Å². The normalized spacial score (nSPS) is 25.5. The number of nitrogens with zero attached hydrogens (tertiary/aromatic N) is 1. The SMILES string of the molecule is Brc1ccc2c(c1)CCC(N1CCCNCC1)C2. The van der Waals surface area contributed by atoms with E-state index in [1.807, 2.05) is 0 Å². The second-order valence-corrected chi connectivity index (χ2v) is 6.36. The Labute approximate surface area is 118 Å². The van der Waals surface area contributed by atoms with Crippen LogP contribution in [0.3, 0.4) is 0 Å². The molecule has 0 aromatic heterocycles. The topological polar surface area (TPSA) is 15.3 Å². The van der Waals surface area contributed by atoms with Gasteiger partial charge in [0.1, 0.15) is 0 Å². The lowest BCUT2D eigenvalue weighted by atomic mass is 9.87. The predicted molar refractivity (Wildman–Crippen MR) is 79.0 cm³/mol. The summed E-state index contributed by atoms with van der Waals surface area (Å²) < 4.78 is 1.22. The van der Waals surface area contributed by atoms with Crippen LogP contribution >= 0.6 is 15.9 Å². The van der Waals surface area contributed by atoms with Crippen molar-refractivity contribution in [1.82, 2.24) is 10.2 Å². The number of fused-ring (bicyclic) bond motifs is 1. The maximum Gasteiger partial charge on any atom is 0.0178 e. The summed E-state index contributed by atoms with van der Waals surface area (Å²) in [5, 5.41) is 3.50. The zero-order valence-electron chi connectivity index (χ0n) is 10.8. The molecule has 98 valence electrons. The third kappa shape index (κ3) is 2.79. The van der Waals surface area contributed by atoms with E-state index < -0.39 is 0 Å². The molecule has 1 heterocycles. The molecule has 1 fully saturated rings. The Morgan fingerprint density at radius 3 is 3.06 bits per heavy atom. The highest BCUT2D eigenvalue weighted by molar-refractivity contribution is 9.10. The summed E-state index contributed by atoms with van der Waals surface area (Å²) in [5.41, 5.74) is 3.11. The van der Waals surface area contributed by atoms with Crippen molar-refractivity contribution in [3.05, 3.63) is 33.8 Å². The lowest BCUT2D eigenvalue weighted by molar-refractivity contribution is 0.191. The zero-order chi connectivity index (χ0) is 12.4. The predicted octanol–water partition coefficient (Wildman–Crippen LogP) is 2.60. The van der Waals surface area contributed by atoms with Crippen LogP contribution in [-0.4, -0.2) is 37.1 Å². The number of rotatable bonds is 1. The number of halogens is 1. The van der Waals surface area contributed by atoms with Gasteiger partial charge in [0.15, 0.2) is 0 Å². The van der Waals surface area contributed by atoms with Crippen molar-refractivity contribution in [3.63, 3.8) is 0 Å². The van der Waals surface area contributed by atoms with Crippen molar-refractivity contribution in [2.75, 3.05) is 26.2 Å². The molecule has 0 radical (unpaired) electrons. The van der Waals surface area contributed by atoms with Crippen molar-refractivity contribution in [3.8, 4) is 0 Å². The molecule has 2 nitrogen and oxygen atoms in total. The van der Waals surface area contributed by atoms with Gasteiger partial charge in [-0.15, -0.1) is 0 Å². The third-order valence-electron chi connectivity index (χ3n) is 4.26. The summed E-state index contributed by atoms with van der Waals surface area (Å²) in [6.07, 6.45) is 5.10. The van der Waals surface area contributed by atoms with Gasteiger partial charge in [0.2, 0.25) is 0 Å². The summed E-state index contributed by atoms with van der Waals surface area (Å²) >= 11 is 3.57. The van der Waals surface area contributed by atoms with Crippen molar-refractivity contribution in [2.45, 2.75) is 31.7 Å². The molecule has 3 rings (SSSR count). The summed E-state index contributed by atoms with van der Waals surface area (Å²) in [5.74, 6) is 0. The highest BCUT2D eigenvalue weighted by atomic mass is 79.9. The molecule has 1 aliphatic carbocycles. The van der Waals surface area contributed by atoms with E-state index in [1.54, 1.807) is 11.1 Å². The minimum Gasteiger partial charge on any atom is -0.315 e. The number of nitrogens with one attached hydrogen (secondary N) is 1. The number of aryl methyl sites for hydroxylation is 1. The number of hydrogen-bond donors (Lipinski definition) is 1. The van der Waals surface area contributed by atoms with Gasteiger partial charge in [-0.05, 0) is 62.0 Å². The standard InChI is InChI=1S/C15H21BrN2/c16-14-4-2-13-11-15(5-3-12(13)10-14)18-8-1-6-17-7-9-18/h2,4,10,15,17H,1,3,5-9,11H2. The van der Waals surface area contributed by atoms with Crippen molar-refractivity contribution >= 4 is 15.9 Å². The average Bonchev–Trinajstić information content (AvgIpc) is 2.67. The van der Waals surface area contributed by atoms with Gasteiger partial charge in [-0.25, -0.2) is 0 Å². The van der Waals surface area contributed by atoms with E-state index in [9.17, 15) is 0 Å². The molecule has 0 saturated carbocycles. The van der Waals surface area contributed by atoms with Gasteiger partial charge in [0, 0.05) is 23.6 Å². The first kappa shape index (κ1) is 12.6. The Bertz CT molecular complexity index is 411. The molecule has 0 amide bonds. The summed E-state index contributed by atoms with van der Waals surface area (Å²) in [7, 11) is 0. The zero-order valence-corrected chi connectivity index (χ0v) is 12.4. The van der Waals surface area contributed by atoms with Gasteiger partial charge < -0.3 is 5.32 Å². The molecular weight excluding hydrogens is 288 g/mol. The molecule has 1 aromatic rings. The van der Waals surface area contributed by atoms with Crippen LogP contribution < -0.4 is 5.32 Å². The van der Waals surface area contributed by atoms with E-state index in [1.165, 1.54) is 49.8 Å². The van der Waals surface area contributed by atoms with Crippen molar-refractivity contribution < 1.29 is 0 Å². The Balaban J connectivity index is 1.71. The second kappa shape index (κ2) is 5.72. The van der Waals surface area contributed by atoms with Crippen molar-refractivity contribution in [1.29, 1.82) is 0 Å². The van der Waals surface area contributed by atoms with Crippen LogP contribution in [0.5, 0.6) is 0 Å². The first-order valence-electron chi connectivity index (χ1n) is 7.05. The van der Waals surface area contributed by atoms with Crippen molar-refractivity contribution in [2.24, 2.45) is 0 Å². The van der Waals surface area contributed by atoms with Gasteiger partial charge in [-0.3, -0.25) is 4.90 Å². The minimum absolute atomic E-state index is 0.763. The second-order valence-electron chi connectivity index (χ2n) is 5.45. The maximum absolute atomic E-state index is 3.57. The first-order valence-corrected chi connectivity index (χ1v) is 7.84. The van der Waals surface area contributed by atoms with Gasteiger partial charge in [-0.1, -0.05) is 22.0 Å². The van der Waals surface area contributed by atoms with Gasteiger partial charge in [-0.2, -0.15) is 0 Å². The van der Waals surface area contributed by atoms with Crippen LogP contribution in [-0.2, 0) is 12.8 Å². The Morgan fingerprint density at radius 2 is 2.11 bits per heavy atom. The van der Waals surface area contributed by atoms with E-state index in [0.717, 1.165) is 12.6 Å². The molecule has 1 aliphatic heterocycles. The molecule has 0 spiro atoms. The number of hydrogen-bond acceptors (Lipinski definition) is 2. The van der Waals surface area contributed by atoms with E-state index in [4.69, 9.17) is 0 Å². The third-order valence-corrected chi connectivity index (χ3v) is 4.76. The maximum atomic E-state index is 3.57. The molecule has 0 bridgehead atoms. The molecule has 3 heteroatoms. The van der Waals surface area contributed by atoms with Crippen LogP contribution in [0.2, 0.25) is 0 Å². The molecule has 1 atom stereocenters. The molecule has 18 heavy (non-hydrogen) atoms. The van der Waals surface area contributed by atoms with Crippen LogP contribution in [0.15, 0.2) is 22.7 Å². The average molecular weight is 309 g/mol. The Morgan fingerprint density at radius 1 is 1.17 bits per heavy atom. The van der Waals surface area contributed by atoms with Crippen LogP contribution in [0, 0.1) is 0 Å².